The van der Waals surface area contributed by atoms with Gasteiger partial charge in [0, 0.05) is 39.1 Å². The lowest BCUT2D eigenvalue weighted by Gasteiger charge is -2.35. The van der Waals surface area contributed by atoms with Gasteiger partial charge >= 0.3 is 0 Å². The van der Waals surface area contributed by atoms with Crippen LogP contribution in [-0.2, 0) is 14.6 Å². The fourth-order valence-corrected chi connectivity index (χ4v) is 6.45. The summed E-state index contributed by atoms with van der Waals surface area (Å²) in [7, 11) is -3.53. The number of piperazine rings is 1. The highest BCUT2D eigenvalue weighted by atomic mass is 32.2. The number of nitrogens with zero attached hydrogens (tertiary/aromatic N) is 3. The summed E-state index contributed by atoms with van der Waals surface area (Å²) in [5.74, 6) is 0.602. The monoisotopic (exact) mass is 493 g/mol. The summed E-state index contributed by atoms with van der Waals surface area (Å²) < 4.78 is 27.4. The molecule has 0 radical (unpaired) electrons. The van der Waals surface area contributed by atoms with Crippen LogP contribution in [0, 0.1) is 0 Å². The van der Waals surface area contributed by atoms with Crippen LogP contribution in [0.3, 0.4) is 0 Å². The first-order valence-corrected chi connectivity index (χ1v) is 13.9. The molecule has 1 amide bonds. The molecule has 9 heteroatoms. The van der Waals surface area contributed by atoms with Crippen molar-refractivity contribution in [2.75, 3.05) is 38.6 Å². The van der Waals surface area contributed by atoms with Gasteiger partial charge in [-0.15, -0.1) is 0 Å². The van der Waals surface area contributed by atoms with Gasteiger partial charge in [0.1, 0.15) is 5.88 Å². The number of aliphatic imine (C=N–C) groups is 1. The maximum atomic E-state index is 13.7. The molecule has 0 atom stereocenters. The van der Waals surface area contributed by atoms with Crippen molar-refractivity contribution >= 4 is 21.7 Å². The third-order valence-corrected chi connectivity index (χ3v) is 8.11. The average molecular weight is 494 g/mol. The molecular weight excluding hydrogens is 450 g/mol. The van der Waals surface area contributed by atoms with Gasteiger partial charge in [0.25, 0.3) is 0 Å². The molecule has 0 bridgehead atoms. The summed E-state index contributed by atoms with van der Waals surface area (Å²) in [6, 6.07) is 4.15. The molecular formula is C25H43N5O3S. The van der Waals surface area contributed by atoms with Crippen molar-refractivity contribution in [3.8, 4) is 0 Å². The van der Waals surface area contributed by atoms with E-state index < -0.39 is 9.84 Å². The summed E-state index contributed by atoms with van der Waals surface area (Å²) in [6.07, 6.45) is 0.973. The van der Waals surface area contributed by atoms with Gasteiger partial charge in [0.15, 0.2) is 15.8 Å². The van der Waals surface area contributed by atoms with E-state index in [2.05, 4.69) is 58.7 Å². The first kappa shape index (κ1) is 28.1. The molecule has 0 aliphatic carbocycles. The molecule has 0 aromatic heterocycles. The molecule has 4 N–H and O–H groups in total. The van der Waals surface area contributed by atoms with Crippen LogP contribution in [0.5, 0.6) is 0 Å². The molecule has 1 saturated heterocycles. The Morgan fingerprint density at radius 1 is 0.941 bits per heavy atom. The highest BCUT2D eigenvalue weighted by Gasteiger charge is 2.30. The quantitative estimate of drug-likeness (QED) is 0.293. The topological polar surface area (TPSA) is 122 Å². The highest BCUT2D eigenvalue weighted by Crippen LogP contribution is 2.36. The van der Waals surface area contributed by atoms with Crippen molar-refractivity contribution < 1.29 is 13.2 Å². The van der Waals surface area contributed by atoms with Crippen LogP contribution in [0.2, 0.25) is 0 Å². The van der Waals surface area contributed by atoms with Gasteiger partial charge in [-0.05, 0) is 40.9 Å². The van der Waals surface area contributed by atoms with Crippen LogP contribution in [-0.4, -0.2) is 68.7 Å². The zero-order valence-electron chi connectivity index (χ0n) is 21.7. The van der Waals surface area contributed by atoms with Crippen LogP contribution in [0.15, 0.2) is 22.0 Å². The van der Waals surface area contributed by atoms with Gasteiger partial charge in [0.05, 0.1) is 4.90 Å². The van der Waals surface area contributed by atoms with Crippen molar-refractivity contribution in [2.45, 2.75) is 77.0 Å². The number of carbonyl (C=O) groups is 1. The number of hydrogen-bond donors (Lipinski definition) is 2. The number of rotatable bonds is 10. The highest BCUT2D eigenvalue weighted by molar-refractivity contribution is 7.91. The minimum atomic E-state index is -3.53. The number of carbonyl (C=O) groups excluding carboxylic acids is 1. The second-order valence-corrected chi connectivity index (χ2v) is 12.0. The van der Waals surface area contributed by atoms with Crippen molar-refractivity contribution in [3.05, 3.63) is 28.8 Å². The molecule has 1 aliphatic heterocycles. The lowest BCUT2D eigenvalue weighted by molar-refractivity contribution is -0.132. The molecule has 1 aromatic carbocycles. The Balaban J connectivity index is 2.14. The van der Waals surface area contributed by atoms with Crippen LogP contribution in [0.25, 0.3) is 0 Å². The molecule has 0 unspecified atom stereocenters. The van der Waals surface area contributed by atoms with E-state index in [0.29, 0.717) is 56.4 Å². The summed E-state index contributed by atoms with van der Waals surface area (Å²) in [4.78, 5) is 20.6. The lowest BCUT2D eigenvalue weighted by atomic mass is 9.89. The molecule has 8 nitrogen and oxygen atoms in total. The van der Waals surface area contributed by atoms with Gasteiger partial charge in [-0.1, -0.05) is 53.7 Å². The van der Waals surface area contributed by atoms with Crippen molar-refractivity contribution in [2.24, 2.45) is 16.5 Å². The Labute approximate surface area is 205 Å². The zero-order chi connectivity index (χ0) is 25.6. The fraction of sp³-hybridized carbons (Fsp3) is 0.680. The molecule has 192 valence electrons. The number of amides is 1. The molecule has 34 heavy (non-hydrogen) atoms. The van der Waals surface area contributed by atoms with Crippen LogP contribution in [0.4, 0.5) is 0 Å². The van der Waals surface area contributed by atoms with E-state index in [4.69, 9.17) is 11.5 Å². The van der Waals surface area contributed by atoms with Crippen molar-refractivity contribution in [1.82, 2.24) is 9.80 Å². The largest absolute Gasteiger partial charge is 0.370 e. The average Bonchev–Trinajstić information content (AvgIpc) is 2.75. The van der Waals surface area contributed by atoms with E-state index in [0.717, 1.165) is 11.1 Å². The normalized spacial score (nSPS) is 15.4. The Morgan fingerprint density at radius 2 is 1.47 bits per heavy atom. The van der Waals surface area contributed by atoms with Gasteiger partial charge in [-0.25, -0.2) is 8.42 Å². The SMILES string of the molecule is CC(C)c1cc(C(C)C)c(S(=O)(=O)CN2CCN(C(=O)CCCN=C(N)N)CC2)c(C(C)C)c1. The standard InChI is InChI=1S/C25H43N5O3S/c1-17(2)20-14-21(18(3)4)24(22(15-20)19(5)6)34(32,33)16-29-10-12-30(13-11-29)23(31)8-7-9-28-25(26)27/h14-15,17-19H,7-13,16H2,1-6H3,(H4,26,27,28). The third kappa shape index (κ3) is 7.43. The van der Waals surface area contributed by atoms with E-state index in [1.165, 1.54) is 5.56 Å². The predicted octanol–water partition coefficient (Wildman–Crippen LogP) is 2.99. The van der Waals surface area contributed by atoms with Crippen LogP contribution in [0.1, 0.15) is 88.8 Å². The molecule has 1 aliphatic rings. The van der Waals surface area contributed by atoms with E-state index in [1.807, 2.05) is 4.90 Å². The van der Waals surface area contributed by atoms with Gasteiger partial charge < -0.3 is 16.4 Å². The van der Waals surface area contributed by atoms with Crippen molar-refractivity contribution in [1.29, 1.82) is 0 Å². The Kier molecular flexibility index (Phi) is 9.94. The molecule has 2 rings (SSSR count). The Hall–Kier alpha value is -2.13. The molecule has 1 aromatic rings. The maximum Gasteiger partial charge on any atom is 0.222 e. The first-order valence-electron chi connectivity index (χ1n) is 12.3. The predicted molar refractivity (Wildman–Crippen MR) is 139 cm³/mol. The molecule has 0 saturated carbocycles. The van der Waals surface area contributed by atoms with E-state index in [1.54, 1.807) is 4.90 Å². The molecule has 1 heterocycles. The summed E-state index contributed by atoms with van der Waals surface area (Å²) in [6.45, 7) is 15.1. The number of nitrogens with two attached hydrogens (primary N) is 2. The number of sulfone groups is 1. The zero-order valence-corrected chi connectivity index (χ0v) is 22.5. The minimum absolute atomic E-state index is 0.0278. The van der Waals surface area contributed by atoms with Gasteiger partial charge in [-0.2, -0.15) is 0 Å². The van der Waals surface area contributed by atoms with E-state index >= 15 is 0 Å². The second kappa shape index (κ2) is 12.0. The second-order valence-electron chi connectivity index (χ2n) is 10.1. The molecule has 1 fully saturated rings. The lowest BCUT2D eigenvalue weighted by Crippen LogP contribution is -2.50. The van der Waals surface area contributed by atoms with Gasteiger partial charge in [0.2, 0.25) is 5.91 Å². The molecule has 0 spiro atoms. The third-order valence-electron chi connectivity index (χ3n) is 6.31. The smallest absolute Gasteiger partial charge is 0.222 e. The Morgan fingerprint density at radius 3 is 1.91 bits per heavy atom. The van der Waals surface area contributed by atoms with Gasteiger partial charge in [-0.3, -0.25) is 14.7 Å². The van der Waals surface area contributed by atoms with E-state index in [-0.39, 0.29) is 29.6 Å². The number of benzene rings is 1. The Bertz CT molecular complexity index is 945. The maximum absolute atomic E-state index is 13.7. The van der Waals surface area contributed by atoms with Crippen molar-refractivity contribution in [3.63, 3.8) is 0 Å². The first-order chi connectivity index (χ1) is 15.8. The minimum Gasteiger partial charge on any atom is -0.370 e. The van der Waals surface area contributed by atoms with Crippen LogP contribution < -0.4 is 11.5 Å². The van der Waals surface area contributed by atoms with Crippen LogP contribution >= 0.6 is 0 Å². The number of hydrogen-bond acceptors (Lipinski definition) is 5. The summed E-state index contributed by atoms with van der Waals surface area (Å²) in [5, 5.41) is 0. The fourth-order valence-electron chi connectivity index (χ4n) is 4.28. The summed E-state index contributed by atoms with van der Waals surface area (Å²) >= 11 is 0. The number of guanidine groups is 1. The van der Waals surface area contributed by atoms with E-state index in [9.17, 15) is 13.2 Å². The summed E-state index contributed by atoms with van der Waals surface area (Å²) in [5.41, 5.74) is 13.6.